The average Bonchev–Trinajstić information content (AvgIpc) is 2.41. The molecule has 0 aliphatic carbocycles. The molecule has 0 unspecified atom stereocenters. The monoisotopic (exact) mass is 287 g/mol. The first kappa shape index (κ1) is 15.5. The minimum absolute atomic E-state index is 0.0296. The van der Waals surface area contributed by atoms with Gasteiger partial charge in [-0.1, -0.05) is 24.3 Å². The van der Waals surface area contributed by atoms with E-state index in [2.05, 4.69) is 26.1 Å². The van der Waals surface area contributed by atoms with Gasteiger partial charge in [0.1, 0.15) is 17.3 Å². The van der Waals surface area contributed by atoms with Gasteiger partial charge in [0.05, 0.1) is 0 Å². The third-order valence-electron chi connectivity index (χ3n) is 3.15. The van der Waals surface area contributed by atoms with Gasteiger partial charge in [-0.05, 0) is 45.4 Å². The zero-order valence-corrected chi connectivity index (χ0v) is 13.0. The molecule has 2 rings (SSSR count). The summed E-state index contributed by atoms with van der Waals surface area (Å²) in [5, 5.41) is 3.44. The molecule has 0 spiro atoms. The summed E-state index contributed by atoms with van der Waals surface area (Å²) in [6, 6.07) is 12.4. The minimum atomic E-state index is -0.291. The van der Waals surface area contributed by atoms with E-state index in [1.54, 1.807) is 6.07 Å². The van der Waals surface area contributed by atoms with Crippen LogP contribution in [0.4, 0.5) is 4.39 Å². The average molecular weight is 287 g/mol. The van der Waals surface area contributed by atoms with E-state index in [1.807, 2.05) is 31.2 Å². The molecule has 2 aromatic carbocycles. The van der Waals surface area contributed by atoms with Crippen LogP contribution in [0.25, 0.3) is 0 Å². The van der Waals surface area contributed by atoms with Crippen LogP contribution in [0.15, 0.2) is 42.5 Å². The molecule has 0 aromatic heterocycles. The first-order valence-corrected chi connectivity index (χ1v) is 7.12. The Labute approximate surface area is 126 Å². The molecular weight excluding hydrogens is 265 g/mol. The molecule has 0 fully saturated rings. The predicted octanol–water partition coefficient (Wildman–Crippen LogP) is 4.81. The molecule has 21 heavy (non-hydrogen) atoms. The first-order valence-electron chi connectivity index (χ1n) is 7.12. The standard InChI is InChI=1S/C18H22FNO/c1-13-9-10-15(19)11-17(13)21-16-8-6-5-7-14(16)12-20-18(2,3)4/h5-11,20H,12H2,1-4H3. The van der Waals surface area contributed by atoms with Gasteiger partial charge in [0.15, 0.2) is 0 Å². The Kier molecular flexibility index (Phi) is 4.63. The second-order valence-electron chi connectivity index (χ2n) is 6.22. The van der Waals surface area contributed by atoms with Gasteiger partial charge in [0.2, 0.25) is 0 Å². The fraction of sp³-hybridized carbons (Fsp3) is 0.333. The van der Waals surface area contributed by atoms with Crippen LogP contribution >= 0.6 is 0 Å². The zero-order chi connectivity index (χ0) is 15.5. The molecule has 2 nitrogen and oxygen atoms in total. The largest absolute Gasteiger partial charge is 0.457 e. The van der Waals surface area contributed by atoms with Gasteiger partial charge in [0, 0.05) is 23.7 Å². The van der Waals surface area contributed by atoms with Crippen molar-refractivity contribution in [1.29, 1.82) is 0 Å². The lowest BCUT2D eigenvalue weighted by atomic mass is 10.1. The summed E-state index contributed by atoms with van der Waals surface area (Å²) in [6.45, 7) is 8.96. The number of aryl methyl sites for hydroxylation is 1. The van der Waals surface area contributed by atoms with Gasteiger partial charge in [-0.25, -0.2) is 4.39 Å². The Morgan fingerprint density at radius 2 is 1.76 bits per heavy atom. The SMILES string of the molecule is Cc1ccc(F)cc1Oc1ccccc1CNC(C)(C)C. The van der Waals surface area contributed by atoms with Gasteiger partial charge in [0.25, 0.3) is 0 Å². The Morgan fingerprint density at radius 1 is 1.05 bits per heavy atom. The number of ether oxygens (including phenoxy) is 1. The van der Waals surface area contributed by atoms with E-state index in [0.717, 1.165) is 16.9 Å². The van der Waals surface area contributed by atoms with Crippen LogP contribution < -0.4 is 10.1 Å². The Balaban J connectivity index is 2.22. The third-order valence-corrected chi connectivity index (χ3v) is 3.15. The molecule has 2 aromatic rings. The molecule has 0 saturated heterocycles. The normalized spacial score (nSPS) is 11.5. The highest BCUT2D eigenvalue weighted by Gasteiger charge is 2.12. The van der Waals surface area contributed by atoms with Gasteiger partial charge in [-0.2, -0.15) is 0 Å². The fourth-order valence-corrected chi connectivity index (χ4v) is 1.91. The first-order chi connectivity index (χ1) is 9.85. The number of hydrogen-bond donors (Lipinski definition) is 1. The molecule has 0 amide bonds. The maximum absolute atomic E-state index is 13.4. The number of nitrogens with one attached hydrogen (secondary N) is 1. The fourth-order valence-electron chi connectivity index (χ4n) is 1.91. The van der Waals surface area contributed by atoms with Gasteiger partial charge in [-0.3, -0.25) is 0 Å². The summed E-state index contributed by atoms with van der Waals surface area (Å²) >= 11 is 0. The highest BCUT2D eigenvalue weighted by Crippen LogP contribution is 2.28. The van der Waals surface area contributed by atoms with Crippen molar-refractivity contribution in [1.82, 2.24) is 5.32 Å². The molecule has 0 atom stereocenters. The summed E-state index contributed by atoms with van der Waals surface area (Å²) < 4.78 is 19.3. The van der Waals surface area contributed by atoms with Crippen LogP contribution in [-0.2, 0) is 6.54 Å². The number of benzene rings is 2. The summed E-state index contributed by atoms with van der Waals surface area (Å²) in [5.41, 5.74) is 1.99. The van der Waals surface area contributed by atoms with Gasteiger partial charge >= 0.3 is 0 Å². The highest BCUT2D eigenvalue weighted by molar-refractivity contribution is 5.41. The van der Waals surface area contributed by atoms with Crippen LogP contribution in [0.2, 0.25) is 0 Å². The van der Waals surface area contributed by atoms with Crippen LogP contribution in [0.5, 0.6) is 11.5 Å². The molecule has 0 aliphatic rings. The summed E-state index contributed by atoms with van der Waals surface area (Å²) in [6.07, 6.45) is 0. The third kappa shape index (κ3) is 4.57. The van der Waals surface area contributed by atoms with Crippen LogP contribution in [0.1, 0.15) is 31.9 Å². The lowest BCUT2D eigenvalue weighted by Crippen LogP contribution is -2.35. The molecule has 0 heterocycles. The quantitative estimate of drug-likeness (QED) is 0.871. The Hall–Kier alpha value is -1.87. The molecule has 0 bridgehead atoms. The predicted molar refractivity (Wildman–Crippen MR) is 84.2 cm³/mol. The van der Waals surface area contributed by atoms with Gasteiger partial charge in [-0.15, -0.1) is 0 Å². The number of rotatable bonds is 4. The smallest absolute Gasteiger partial charge is 0.133 e. The van der Waals surface area contributed by atoms with E-state index < -0.39 is 0 Å². The molecule has 0 radical (unpaired) electrons. The van der Waals surface area contributed by atoms with Gasteiger partial charge < -0.3 is 10.1 Å². The number of para-hydroxylation sites is 1. The van der Waals surface area contributed by atoms with Crippen molar-refractivity contribution in [3.8, 4) is 11.5 Å². The van der Waals surface area contributed by atoms with Crippen LogP contribution in [0.3, 0.4) is 0 Å². The van der Waals surface area contributed by atoms with Crippen molar-refractivity contribution in [3.63, 3.8) is 0 Å². The molecule has 3 heteroatoms. The van der Waals surface area contributed by atoms with Crippen molar-refractivity contribution in [2.45, 2.75) is 39.8 Å². The van der Waals surface area contributed by atoms with Crippen molar-refractivity contribution in [2.75, 3.05) is 0 Å². The topological polar surface area (TPSA) is 21.3 Å². The maximum Gasteiger partial charge on any atom is 0.133 e. The lowest BCUT2D eigenvalue weighted by molar-refractivity contribution is 0.413. The summed E-state index contributed by atoms with van der Waals surface area (Å²) in [4.78, 5) is 0. The van der Waals surface area contributed by atoms with E-state index in [9.17, 15) is 4.39 Å². The van der Waals surface area contributed by atoms with Crippen molar-refractivity contribution >= 4 is 0 Å². The van der Waals surface area contributed by atoms with E-state index in [0.29, 0.717) is 12.3 Å². The number of hydrogen-bond acceptors (Lipinski definition) is 2. The molecular formula is C18H22FNO. The lowest BCUT2D eigenvalue weighted by Gasteiger charge is -2.21. The molecule has 1 N–H and O–H groups in total. The molecule has 112 valence electrons. The van der Waals surface area contributed by atoms with Crippen molar-refractivity contribution in [3.05, 3.63) is 59.4 Å². The second-order valence-corrected chi connectivity index (χ2v) is 6.22. The van der Waals surface area contributed by atoms with E-state index in [1.165, 1.54) is 12.1 Å². The summed E-state index contributed by atoms with van der Waals surface area (Å²) in [5.74, 6) is 1.02. The molecule has 0 saturated carbocycles. The van der Waals surface area contributed by atoms with Crippen LogP contribution in [0, 0.1) is 12.7 Å². The van der Waals surface area contributed by atoms with E-state index in [4.69, 9.17) is 4.74 Å². The summed E-state index contributed by atoms with van der Waals surface area (Å²) in [7, 11) is 0. The van der Waals surface area contributed by atoms with E-state index in [-0.39, 0.29) is 11.4 Å². The number of halogens is 1. The second kappa shape index (κ2) is 6.27. The van der Waals surface area contributed by atoms with E-state index >= 15 is 0 Å². The zero-order valence-electron chi connectivity index (χ0n) is 13.0. The Morgan fingerprint density at radius 3 is 2.48 bits per heavy atom. The van der Waals surface area contributed by atoms with Crippen molar-refractivity contribution in [2.24, 2.45) is 0 Å². The Bertz CT molecular complexity index is 617. The minimum Gasteiger partial charge on any atom is -0.457 e. The van der Waals surface area contributed by atoms with Crippen molar-refractivity contribution < 1.29 is 9.13 Å². The highest BCUT2D eigenvalue weighted by atomic mass is 19.1. The molecule has 0 aliphatic heterocycles. The van der Waals surface area contributed by atoms with Crippen LogP contribution in [-0.4, -0.2) is 5.54 Å². The maximum atomic E-state index is 13.4.